The van der Waals surface area contributed by atoms with E-state index in [2.05, 4.69) is 0 Å². The van der Waals surface area contributed by atoms with Crippen molar-refractivity contribution in [2.75, 3.05) is 0 Å². The van der Waals surface area contributed by atoms with Crippen molar-refractivity contribution in [3.63, 3.8) is 0 Å². The predicted molar refractivity (Wildman–Crippen MR) is 106 cm³/mol. The highest BCUT2D eigenvalue weighted by Gasteiger charge is 2.35. The van der Waals surface area contributed by atoms with Crippen LogP contribution in [0.2, 0.25) is 0 Å². The number of rotatable bonds is 9. The van der Waals surface area contributed by atoms with Gasteiger partial charge in [0.2, 0.25) is 0 Å². The van der Waals surface area contributed by atoms with Crippen LogP contribution in [0.15, 0.2) is 0 Å². The van der Waals surface area contributed by atoms with Crippen molar-refractivity contribution in [3.05, 3.63) is 0 Å². The summed E-state index contributed by atoms with van der Waals surface area (Å²) in [7, 11) is 0. The van der Waals surface area contributed by atoms with Crippen LogP contribution in [0.4, 0.5) is 0 Å². The Morgan fingerprint density at radius 3 is 2.07 bits per heavy atom. The maximum absolute atomic E-state index is 11.0. The second-order valence-electron chi connectivity index (χ2n) is 7.90. The molecule has 2 aliphatic heterocycles. The van der Waals surface area contributed by atoms with E-state index < -0.39 is 11.9 Å². The number of carbonyl (C=O) groups excluding carboxylic acids is 2. The molecule has 8 heteroatoms. The fourth-order valence-electron chi connectivity index (χ4n) is 3.62. The molecule has 2 saturated heterocycles. The van der Waals surface area contributed by atoms with Gasteiger partial charge in [0.25, 0.3) is 0 Å². The lowest BCUT2D eigenvalue weighted by Crippen LogP contribution is -2.20. The minimum atomic E-state index is -0.783. The van der Waals surface area contributed by atoms with Gasteiger partial charge in [-0.1, -0.05) is 21.3 Å². The third-order valence-electron chi connectivity index (χ3n) is 5.35. The molecular formula is C21H36O8. The van der Waals surface area contributed by atoms with E-state index in [1.807, 2.05) is 20.8 Å². The Hall–Kier alpha value is -2.12. The van der Waals surface area contributed by atoms with Crippen LogP contribution in [0.5, 0.6) is 0 Å². The summed E-state index contributed by atoms with van der Waals surface area (Å²) >= 11 is 0. The van der Waals surface area contributed by atoms with Crippen molar-refractivity contribution in [1.82, 2.24) is 0 Å². The zero-order chi connectivity index (χ0) is 21.3. The first kappa shape index (κ1) is 26.9. The highest BCUT2D eigenvalue weighted by molar-refractivity contribution is 5.72. The van der Waals surface area contributed by atoms with E-state index in [-0.39, 0.29) is 56.3 Å². The molecule has 2 N–H and O–H groups in total. The monoisotopic (exact) mass is 416 g/mol. The normalized spacial score (nSPS) is 25.0. The van der Waals surface area contributed by atoms with Crippen molar-refractivity contribution in [1.29, 1.82) is 0 Å². The fourth-order valence-corrected chi connectivity index (χ4v) is 3.62. The van der Waals surface area contributed by atoms with Crippen LogP contribution < -0.4 is 0 Å². The Morgan fingerprint density at radius 1 is 1.03 bits per heavy atom. The smallest absolute Gasteiger partial charge is 0.306 e. The Bertz CT molecular complexity index is 559. The van der Waals surface area contributed by atoms with Crippen LogP contribution in [-0.2, 0) is 28.7 Å². The molecule has 168 valence electrons. The molecule has 0 aliphatic carbocycles. The van der Waals surface area contributed by atoms with E-state index in [0.717, 1.165) is 12.8 Å². The van der Waals surface area contributed by atoms with Gasteiger partial charge in [0.05, 0.1) is 6.42 Å². The average molecular weight is 417 g/mol. The number of carboxylic acid groups (broad SMARTS) is 2. The molecule has 0 aromatic heterocycles. The Labute approximate surface area is 172 Å². The number of hydrogen-bond acceptors (Lipinski definition) is 6. The quantitative estimate of drug-likeness (QED) is 0.545. The molecule has 0 bridgehead atoms. The van der Waals surface area contributed by atoms with Gasteiger partial charge < -0.3 is 19.7 Å². The van der Waals surface area contributed by atoms with E-state index in [9.17, 15) is 19.2 Å². The number of hydrogen-bond donors (Lipinski definition) is 2. The first-order valence-electron chi connectivity index (χ1n) is 9.91. The Morgan fingerprint density at radius 2 is 1.62 bits per heavy atom. The summed E-state index contributed by atoms with van der Waals surface area (Å²) < 4.78 is 10.1. The van der Waals surface area contributed by atoms with E-state index in [1.165, 1.54) is 0 Å². The standard InChI is InChI=1S/2C10H16O4.CH4/c1-6(3-4-9(11)12)8-5-10(13)14-7(8)2;1-7(2-4-9(11)12)6-8-3-5-10(13)14-8;/h6-8H,3-5H2,1-2H3,(H,11,12);7-8H,2-6H2,1H3,(H,11,12);1H4. The molecule has 0 spiro atoms. The largest absolute Gasteiger partial charge is 0.481 e. The third kappa shape index (κ3) is 10.9. The number of carbonyl (C=O) groups is 4. The minimum Gasteiger partial charge on any atom is -0.481 e. The highest BCUT2D eigenvalue weighted by Crippen LogP contribution is 2.31. The topological polar surface area (TPSA) is 127 Å². The number of cyclic esters (lactones) is 2. The first-order valence-corrected chi connectivity index (χ1v) is 9.91. The molecular weight excluding hydrogens is 380 g/mol. The van der Waals surface area contributed by atoms with Gasteiger partial charge in [-0.05, 0) is 44.4 Å². The Kier molecular flexibility index (Phi) is 12.2. The number of carboxylic acids is 2. The first-order chi connectivity index (χ1) is 13.1. The van der Waals surface area contributed by atoms with Crippen molar-refractivity contribution in [3.8, 4) is 0 Å². The van der Waals surface area contributed by atoms with E-state index in [4.69, 9.17) is 19.7 Å². The number of ether oxygens (including phenoxy) is 2. The summed E-state index contributed by atoms with van der Waals surface area (Å²) in [6.07, 6.45) is 4.11. The molecule has 8 nitrogen and oxygen atoms in total. The summed E-state index contributed by atoms with van der Waals surface area (Å²) in [4.78, 5) is 42.4. The van der Waals surface area contributed by atoms with Crippen molar-refractivity contribution >= 4 is 23.9 Å². The second kappa shape index (κ2) is 13.2. The molecule has 2 aliphatic rings. The maximum atomic E-state index is 11.0. The molecule has 0 amide bonds. The predicted octanol–water partition coefficient (Wildman–Crippen LogP) is 3.66. The zero-order valence-electron chi connectivity index (χ0n) is 16.9. The molecule has 2 heterocycles. The summed E-state index contributed by atoms with van der Waals surface area (Å²) in [5.41, 5.74) is 0. The maximum Gasteiger partial charge on any atom is 0.306 e. The minimum absolute atomic E-state index is 0. The molecule has 0 saturated carbocycles. The van der Waals surface area contributed by atoms with Gasteiger partial charge in [0.1, 0.15) is 12.2 Å². The van der Waals surface area contributed by atoms with Gasteiger partial charge in [0.15, 0.2) is 0 Å². The van der Waals surface area contributed by atoms with Gasteiger partial charge in [-0.15, -0.1) is 0 Å². The van der Waals surface area contributed by atoms with E-state index in [0.29, 0.717) is 31.6 Å². The van der Waals surface area contributed by atoms with Gasteiger partial charge in [-0.2, -0.15) is 0 Å². The lowest BCUT2D eigenvalue weighted by atomic mass is 9.85. The summed E-state index contributed by atoms with van der Waals surface area (Å²) in [6, 6.07) is 0. The van der Waals surface area contributed by atoms with Gasteiger partial charge in [-0.25, -0.2) is 0 Å². The fraction of sp³-hybridized carbons (Fsp3) is 0.810. The van der Waals surface area contributed by atoms with E-state index in [1.54, 1.807) is 0 Å². The van der Waals surface area contributed by atoms with E-state index >= 15 is 0 Å². The van der Waals surface area contributed by atoms with Crippen molar-refractivity contribution in [2.24, 2.45) is 17.8 Å². The lowest BCUT2D eigenvalue weighted by Gasteiger charge is -2.19. The zero-order valence-corrected chi connectivity index (χ0v) is 16.9. The van der Waals surface area contributed by atoms with Crippen LogP contribution in [0.25, 0.3) is 0 Å². The van der Waals surface area contributed by atoms with Gasteiger partial charge in [-0.3, -0.25) is 19.2 Å². The summed E-state index contributed by atoms with van der Waals surface area (Å²) in [6.45, 7) is 5.84. The van der Waals surface area contributed by atoms with Crippen LogP contribution in [0, 0.1) is 17.8 Å². The van der Waals surface area contributed by atoms with Gasteiger partial charge >= 0.3 is 23.9 Å². The molecule has 5 atom stereocenters. The average Bonchev–Trinajstić information content (AvgIpc) is 3.15. The Balaban J connectivity index is 0.000000523. The van der Waals surface area contributed by atoms with Crippen LogP contribution in [-0.4, -0.2) is 46.3 Å². The van der Waals surface area contributed by atoms with Crippen molar-refractivity contribution < 1.29 is 38.9 Å². The molecule has 0 aromatic carbocycles. The molecule has 0 aromatic rings. The molecule has 2 fully saturated rings. The summed E-state index contributed by atoms with van der Waals surface area (Å²) in [5.74, 6) is -1.11. The number of esters is 2. The van der Waals surface area contributed by atoms with Crippen LogP contribution in [0.1, 0.15) is 79.6 Å². The van der Waals surface area contributed by atoms with Crippen molar-refractivity contribution in [2.45, 2.75) is 91.8 Å². The molecule has 5 unspecified atom stereocenters. The third-order valence-corrected chi connectivity index (χ3v) is 5.35. The molecule has 29 heavy (non-hydrogen) atoms. The molecule has 2 rings (SSSR count). The van der Waals surface area contributed by atoms with Crippen LogP contribution >= 0.6 is 0 Å². The van der Waals surface area contributed by atoms with Gasteiger partial charge in [0, 0.05) is 25.2 Å². The second-order valence-corrected chi connectivity index (χ2v) is 7.90. The SMILES string of the molecule is C.CC(CCC(=O)O)C1CC(=O)OC1C.CC(CCC(=O)O)CC1CCC(=O)O1. The molecule has 0 radical (unpaired) electrons. The summed E-state index contributed by atoms with van der Waals surface area (Å²) in [5, 5.41) is 17.0. The highest BCUT2D eigenvalue weighted by atomic mass is 16.6. The van der Waals surface area contributed by atoms with Crippen LogP contribution in [0.3, 0.4) is 0 Å². The lowest BCUT2D eigenvalue weighted by molar-refractivity contribution is -0.142. The number of aliphatic carboxylic acids is 2.